The number of nitrogens with one attached hydrogen (secondary N) is 1. The van der Waals surface area contributed by atoms with Crippen LogP contribution in [0.3, 0.4) is 0 Å². The normalized spacial score (nSPS) is 10.6. The molecule has 0 atom stereocenters. The van der Waals surface area contributed by atoms with Crippen LogP contribution in [0.4, 0.5) is 4.39 Å². The number of carbonyl (C=O) groups excluding carboxylic acids is 1. The third kappa shape index (κ3) is 4.90. The Labute approximate surface area is 180 Å². The van der Waals surface area contributed by atoms with Gasteiger partial charge in [-0.05, 0) is 70.0 Å². The number of carbonyl (C=O) groups is 1. The summed E-state index contributed by atoms with van der Waals surface area (Å²) in [6.07, 6.45) is 5.16. The first-order chi connectivity index (χ1) is 14.6. The molecule has 2 aromatic heterocycles. The minimum Gasteiger partial charge on any atom is -0.439 e. The summed E-state index contributed by atoms with van der Waals surface area (Å²) in [6, 6.07) is 16.4. The van der Waals surface area contributed by atoms with Crippen molar-refractivity contribution >= 4 is 21.8 Å². The van der Waals surface area contributed by atoms with Crippen LogP contribution in [-0.4, -0.2) is 20.7 Å². The maximum absolute atomic E-state index is 12.9. The first-order valence-corrected chi connectivity index (χ1v) is 9.83. The number of hydrogen-bond acceptors (Lipinski definition) is 4. The molecule has 0 fully saturated rings. The van der Waals surface area contributed by atoms with Gasteiger partial charge in [-0.1, -0.05) is 6.07 Å². The molecule has 8 heteroatoms. The summed E-state index contributed by atoms with van der Waals surface area (Å²) in [6.45, 7) is 0.330. The van der Waals surface area contributed by atoms with E-state index in [0.29, 0.717) is 23.7 Å². The van der Waals surface area contributed by atoms with Crippen LogP contribution < -0.4 is 10.1 Å². The number of pyridine rings is 1. The van der Waals surface area contributed by atoms with Gasteiger partial charge >= 0.3 is 0 Å². The molecule has 0 aliphatic heterocycles. The van der Waals surface area contributed by atoms with Crippen molar-refractivity contribution < 1.29 is 13.9 Å². The molecule has 0 radical (unpaired) electrons. The highest BCUT2D eigenvalue weighted by Crippen LogP contribution is 2.19. The first-order valence-electron chi connectivity index (χ1n) is 9.04. The number of rotatable bonds is 6. The number of nitrogens with zero attached hydrogens (tertiary/aromatic N) is 3. The lowest BCUT2D eigenvalue weighted by atomic mass is 10.2. The minimum atomic E-state index is -0.328. The van der Waals surface area contributed by atoms with Crippen molar-refractivity contribution in [2.24, 2.45) is 0 Å². The van der Waals surface area contributed by atoms with Gasteiger partial charge in [-0.25, -0.2) is 14.1 Å². The number of aromatic nitrogens is 3. The van der Waals surface area contributed by atoms with Crippen LogP contribution in [0, 0.1) is 5.82 Å². The molecule has 0 aliphatic carbocycles. The van der Waals surface area contributed by atoms with E-state index in [1.807, 2.05) is 24.4 Å². The molecule has 4 rings (SSSR count). The summed E-state index contributed by atoms with van der Waals surface area (Å²) >= 11 is 3.36. The summed E-state index contributed by atoms with van der Waals surface area (Å²) in [7, 11) is 0. The standard InChI is InChI=1S/C22H16BrFN4O2/c23-17-13-27-28(14-17)19-6-2-16(3-7-19)22(29)26-12-15-1-10-21(25-11-15)30-20-8-4-18(24)5-9-20/h1-11,13-14H,12H2,(H,26,29). The Morgan fingerprint density at radius 3 is 2.43 bits per heavy atom. The molecule has 2 aromatic carbocycles. The Kier molecular flexibility index (Phi) is 5.85. The highest BCUT2D eigenvalue weighted by molar-refractivity contribution is 9.10. The molecule has 0 bridgehead atoms. The molecule has 0 spiro atoms. The maximum Gasteiger partial charge on any atom is 0.251 e. The average Bonchev–Trinajstić information content (AvgIpc) is 3.21. The van der Waals surface area contributed by atoms with E-state index in [4.69, 9.17) is 4.74 Å². The number of hydrogen-bond donors (Lipinski definition) is 1. The third-order valence-corrected chi connectivity index (χ3v) is 4.64. The van der Waals surface area contributed by atoms with Crippen molar-refractivity contribution in [3.8, 4) is 17.3 Å². The molecule has 4 aromatic rings. The van der Waals surface area contributed by atoms with Crippen LogP contribution in [0.15, 0.2) is 83.7 Å². The van der Waals surface area contributed by atoms with Crippen LogP contribution in [0.2, 0.25) is 0 Å². The van der Waals surface area contributed by atoms with Gasteiger partial charge in [-0.2, -0.15) is 5.10 Å². The van der Waals surface area contributed by atoms with Gasteiger partial charge in [-0.3, -0.25) is 4.79 Å². The zero-order chi connectivity index (χ0) is 20.9. The minimum absolute atomic E-state index is 0.185. The van der Waals surface area contributed by atoms with Crippen LogP contribution in [0.5, 0.6) is 11.6 Å². The van der Waals surface area contributed by atoms with Crippen molar-refractivity contribution in [1.82, 2.24) is 20.1 Å². The van der Waals surface area contributed by atoms with Gasteiger partial charge < -0.3 is 10.1 Å². The van der Waals surface area contributed by atoms with E-state index in [9.17, 15) is 9.18 Å². The van der Waals surface area contributed by atoms with E-state index in [1.165, 1.54) is 24.3 Å². The second kappa shape index (κ2) is 8.87. The summed E-state index contributed by atoms with van der Waals surface area (Å²) in [5, 5.41) is 7.07. The van der Waals surface area contributed by atoms with Gasteiger partial charge in [0.2, 0.25) is 5.88 Å². The first kappa shape index (κ1) is 19.8. The zero-order valence-electron chi connectivity index (χ0n) is 15.6. The summed E-state index contributed by atoms with van der Waals surface area (Å²) < 4.78 is 21.1. The lowest BCUT2D eigenvalue weighted by Gasteiger charge is -2.08. The van der Waals surface area contributed by atoms with Gasteiger partial charge in [0.05, 0.1) is 16.4 Å². The number of benzene rings is 2. The van der Waals surface area contributed by atoms with Crippen LogP contribution >= 0.6 is 15.9 Å². The fourth-order valence-electron chi connectivity index (χ4n) is 2.69. The summed E-state index contributed by atoms with van der Waals surface area (Å²) in [5.41, 5.74) is 2.24. The smallest absolute Gasteiger partial charge is 0.251 e. The average molecular weight is 467 g/mol. The van der Waals surface area contributed by atoms with Gasteiger partial charge in [0.25, 0.3) is 5.91 Å². The molecule has 0 unspecified atom stereocenters. The second-order valence-electron chi connectivity index (χ2n) is 6.39. The van der Waals surface area contributed by atoms with Crippen molar-refractivity contribution in [3.63, 3.8) is 0 Å². The van der Waals surface area contributed by atoms with Crippen LogP contribution in [-0.2, 0) is 6.54 Å². The molecule has 1 amide bonds. The molecule has 30 heavy (non-hydrogen) atoms. The lowest BCUT2D eigenvalue weighted by molar-refractivity contribution is 0.0951. The molecule has 6 nitrogen and oxygen atoms in total. The Bertz CT molecular complexity index is 1140. The van der Waals surface area contributed by atoms with Gasteiger partial charge in [0.15, 0.2) is 0 Å². The maximum atomic E-state index is 12.9. The van der Waals surface area contributed by atoms with Gasteiger partial charge in [0.1, 0.15) is 11.6 Å². The van der Waals surface area contributed by atoms with E-state index in [1.54, 1.807) is 35.3 Å². The molecular formula is C22H16BrFN4O2. The molecule has 0 saturated heterocycles. The monoisotopic (exact) mass is 466 g/mol. The predicted octanol–water partition coefficient (Wildman–Crippen LogP) is 4.89. The molecule has 150 valence electrons. The predicted molar refractivity (Wildman–Crippen MR) is 113 cm³/mol. The topological polar surface area (TPSA) is 69.0 Å². The number of ether oxygens (including phenoxy) is 1. The van der Waals surface area contributed by atoms with Crippen LogP contribution in [0.25, 0.3) is 5.69 Å². The number of halogens is 2. The SMILES string of the molecule is O=C(NCc1ccc(Oc2ccc(F)cc2)nc1)c1ccc(-n2cc(Br)cn2)cc1. The van der Waals surface area contributed by atoms with E-state index in [-0.39, 0.29) is 11.7 Å². The van der Waals surface area contributed by atoms with E-state index in [2.05, 4.69) is 31.3 Å². The largest absolute Gasteiger partial charge is 0.439 e. The van der Waals surface area contributed by atoms with Crippen molar-refractivity contribution in [1.29, 1.82) is 0 Å². The Morgan fingerprint density at radius 1 is 1.03 bits per heavy atom. The summed E-state index contributed by atoms with van der Waals surface area (Å²) in [4.78, 5) is 16.6. The Morgan fingerprint density at radius 2 is 1.80 bits per heavy atom. The van der Waals surface area contributed by atoms with E-state index < -0.39 is 0 Å². The van der Waals surface area contributed by atoms with E-state index in [0.717, 1.165) is 15.7 Å². The Hall–Kier alpha value is -3.52. The van der Waals surface area contributed by atoms with Crippen LogP contribution in [0.1, 0.15) is 15.9 Å². The highest BCUT2D eigenvalue weighted by atomic mass is 79.9. The van der Waals surface area contributed by atoms with Crippen molar-refractivity contribution in [2.75, 3.05) is 0 Å². The van der Waals surface area contributed by atoms with Crippen molar-refractivity contribution in [2.45, 2.75) is 6.54 Å². The van der Waals surface area contributed by atoms with Crippen molar-refractivity contribution in [3.05, 3.63) is 101 Å². The molecular weight excluding hydrogens is 451 g/mol. The quantitative estimate of drug-likeness (QED) is 0.439. The third-order valence-electron chi connectivity index (χ3n) is 4.23. The fraction of sp³-hybridized carbons (Fsp3) is 0.0455. The lowest BCUT2D eigenvalue weighted by Crippen LogP contribution is -2.22. The Balaban J connectivity index is 1.32. The molecule has 0 saturated carbocycles. The fourth-order valence-corrected chi connectivity index (χ4v) is 2.98. The number of amides is 1. The van der Waals surface area contributed by atoms with Gasteiger partial charge in [-0.15, -0.1) is 0 Å². The zero-order valence-corrected chi connectivity index (χ0v) is 17.2. The molecule has 0 aliphatic rings. The van der Waals surface area contributed by atoms with E-state index >= 15 is 0 Å². The molecule has 2 heterocycles. The second-order valence-corrected chi connectivity index (χ2v) is 7.31. The summed E-state index contributed by atoms with van der Waals surface area (Å²) in [5.74, 6) is 0.369. The van der Waals surface area contributed by atoms with Gasteiger partial charge in [0, 0.05) is 30.6 Å². The molecule has 1 N–H and O–H groups in total. The highest BCUT2D eigenvalue weighted by Gasteiger charge is 2.07.